The number of hydrogen-bond acceptors (Lipinski definition) is 4. The van der Waals surface area contributed by atoms with E-state index in [1.807, 2.05) is 31.2 Å². The molecule has 3 rings (SSSR count). The molecule has 128 valence electrons. The monoisotopic (exact) mass is 338 g/mol. The summed E-state index contributed by atoms with van der Waals surface area (Å²) in [5, 5.41) is 0. The molecular weight excluding hydrogens is 320 g/mol. The summed E-state index contributed by atoms with van der Waals surface area (Å²) in [7, 11) is 0. The Morgan fingerprint density at radius 3 is 2.28 bits per heavy atom. The summed E-state index contributed by atoms with van der Waals surface area (Å²) in [5.74, 6) is -1.32. The molecule has 0 saturated carbocycles. The third kappa shape index (κ3) is 3.10. The SMILES string of the molecule is CCOc1ccccc1N1C(=O)C(=O)N(Cc2ccc(C)cc2)C1=O. The van der Waals surface area contributed by atoms with Crippen molar-refractivity contribution in [3.05, 3.63) is 59.7 Å². The summed E-state index contributed by atoms with van der Waals surface area (Å²) in [6, 6.07) is 13.5. The molecule has 25 heavy (non-hydrogen) atoms. The van der Waals surface area contributed by atoms with Crippen LogP contribution in [0.4, 0.5) is 10.5 Å². The van der Waals surface area contributed by atoms with Gasteiger partial charge >= 0.3 is 17.8 Å². The molecule has 1 saturated heterocycles. The van der Waals surface area contributed by atoms with Gasteiger partial charge in [-0.1, -0.05) is 42.0 Å². The molecule has 2 aromatic carbocycles. The minimum Gasteiger partial charge on any atom is -0.492 e. The topological polar surface area (TPSA) is 66.9 Å². The number of aryl methyl sites for hydroxylation is 1. The van der Waals surface area contributed by atoms with E-state index in [9.17, 15) is 14.4 Å². The molecule has 1 heterocycles. The normalized spacial score (nSPS) is 14.4. The predicted molar refractivity (Wildman–Crippen MR) is 92.2 cm³/mol. The summed E-state index contributed by atoms with van der Waals surface area (Å²) in [5.41, 5.74) is 2.13. The van der Waals surface area contributed by atoms with E-state index in [4.69, 9.17) is 4.74 Å². The van der Waals surface area contributed by atoms with Crippen LogP contribution in [0.25, 0.3) is 0 Å². The molecule has 2 aromatic rings. The number of urea groups is 1. The van der Waals surface area contributed by atoms with Crippen LogP contribution >= 0.6 is 0 Å². The Morgan fingerprint density at radius 2 is 1.60 bits per heavy atom. The number of hydrogen-bond donors (Lipinski definition) is 0. The van der Waals surface area contributed by atoms with Crippen LogP contribution < -0.4 is 9.64 Å². The van der Waals surface area contributed by atoms with Crippen molar-refractivity contribution in [2.75, 3.05) is 11.5 Å². The predicted octanol–water partition coefficient (Wildman–Crippen LogP) is 2.89. The minimum atomic E-state index is -0.871. The number of imide groups is 2. The van der Waals surface area contributed by atoms with Crippen LogP contribution in [-0.4, -0.2) is 29.4 Å². The maximum Gasteiger partial charge on any atom is 0.339 e. The van der Waals surface area contributed by atoms with Gasteiger partial charge in [-0.05, 0) is 31.5 Å². The van der Waals surface area contributed by atoms with Crippen molar-refractivity contribution in [3.8, 4) is 5.75 Å². The lowest BCUT2D eigenvalue weighted by Gasteiger charge is -2.18. The fourth-order valence-corrected chi connectivity index (χ4v) is 2.65. The van der Waals surface area contributed by atoms with Crippen molar-refractivity contribution in [1.82, 2.24) is 4.90 Å². The number of carbonyl (C=O) groups is 3. The highest BCUT2D eigenvalue weighted by Gasteiger charge is 2.46. The van der Waals surface area contributed by atoms with Gasteiger partial charge in [0.05, 0.1) is 18.8 Å². The summed E-state index contributed by atoms with van der Waals surface area (Å²) in [6.45, 7) is 4.19. The fourth-order valence-electron chi connectivity index (χ4n) is 2.65. The third-order valence-electron chi connectivity index (χ3n) is 3.92. The summed E-state index contributed by atoms with van der Waals surface area (Å²) < 4.78 is 5.47. The van der Waals surface area contributed by atoms with E-state index >= 15 is 0 Å². The Hall–Kier alpha value is -3.15. The smallest absolute Gasteiger partial charge is 0.339 e. The molecule has 0 atom stereocenters. The number of amides is 4. The number of rotatable bonds is 5. The Morgan fingerprint density at radius 1 is 0.920 bits per heavy atom. The first-order valence-corrected chi connectivity index (χ1v) is 8.00. The molecule has 1 fully saturated rings. The van der Waals surface area contributed by atoms with Crippen molar-refractivity contribution in [1.29, 1.82) is 0 Å². The van der Waals surface area contributed by atoms with Crippen molar-refractivity contribution in [2.24, 2.45) is 0 Å². The molecule has 0 spiro atoms. The molecular formula is C19H18N2O4. The van der Waals surface area contributed by atoms with E-state index in [0.717, 1.165) is 20.9 Å². The largest absolute Gasteiger partial charge is 0.492 e. The van der Waals surface area contributed by atoms with E-state index in [1.54, 1.807) is 31.2 Å². The second-order valence-corrected chi connectivity index (χ2v) is 5.70. The number of benzene rings is 2. The van der Waals surface area contributed by atoms with E-state index in [2.05, 4.69) is 0 Å². The van der Waals surface area contributed by atoms with Crippen LogP contribution in [0, 0.1) is 6.92 Å². The number of nitrogens with zero attached hydrogens (tertiary/aromatic N) is 2. The van der Waals surface area contributed by atoms with Gasteiger partial charge in [0.2, 0.25) is 0 Å². The molecule has 0 radical (unpaired) electrons. The second-order valence-electron chi connectivity index (χ2n) is 5.70. The Balaban J connectivity index is 1.91. The highest BCUT2D eigenvalue weighted by atomic mass is 16.5. The quantitative estimate of drug-likeness (QED) is 0.621. The van der Waals surface area contributed by atoms with Crippen LogP contribution in [0.1, 0.15) is 18.1 Å². The lowest BCUT2D eigenvalue weighted by Crippen LogP contribution is -2.33. The molecule has 0 bridgehead atoms. The van der Waals surface area contributed by atoms with Gasteiger partial charge in [-0.25, -0.2) is 9.69 Å². The van der Waals surface area contributed by atoms with Crippen molar-refractivity contribution in [3.63, 3.8) is 0 Å². The summed E-state index contributed by atoms with van der Waals surface area (Å²) in [4.78, 5) is 39.2. The van der Waals surface area contributed by atoms with Gasteiger partial charge in [0.1, 0.15) is 5.75 Å². The van der Waals surface area contributed by atoms with Crippen molar-refractivity contribution in [2.45, 2.75) is 20.4 Å². The first kappa shape index (κ1) is 16.7. The minimum absolute atomic E-state index is 0.0526. The molecule has 0 aromatic heterocycles. The average Bonchev–Trinajstić information content (AvgIpc) is 2.81. The second kappa shape index (κ2) is 6.76. The van der Waals surface area contributed by atoms with Gasteiger partial charge in [-0.2, -0.15) is 0 Å². The molecule has 1 aliphatic heterocycles. The number of ether oxygens (including phenoxy) is 1. The van der Waals surface area contributed by atoms with Gasteiger partial charge in [-0.3, -0.25) is 14.5 Å². The first-order chi connectivity index (χ1) is 12.0. The molecule has 4 amide bonds. The Kier molecular flexibility index (Phi) is 4.52. The lowest BCUT2D eigenvalue weighted by atomic mass is 10.1. The zero-order valence-electron chi connectivity index (χ0n) is 14.1. The van der Waals surface area contributed by atoms with Crippen LogP contribution in [0.2, 0.25) is 0 Å². The zero-order chi connectivity index (χ0) is 18.0. The number of para-hydroxylation sites is 2. The highest BCUT2D eigenvalue weighted by molar-refractivity contribution is 6.52. The molecule has 6 heteroatoms. The van der Waals surface area contributed by atoms with E-state index in [0.29, 0.717) is 12.4 Å². The lowest BCUT2D eigenvalue weighted by molar-refractivity contribution is -0.139. The maximum absolute atomic E-state index is 12.7. The standard InChI is InChI=1S/C19H18N2O4/c1-3-25-16-7-5-4-6-15(16)21-18(23)17(22)20(19(21)24)12-14-10-8-13(2)9-11-14/h4-11H,3,12H2,1-2H3. The van der Waals surface area contributed by atoms with Crippen molar-refractivity contribution >= 4 is 23.5 Å². The summed E-state index contributed by atoms with van der Waals surface area (Å²) >= 11 is 0. The van der Waals surface area contributed by atoms with Gasteiger partial charge in [-0.15, -0.1) is 0 Å². The fraction of sp³-hybridized carbons (Fsp3) is 0.211. The average molecular weight is 338 g/mol. The van der Waals surface area contributed by atoms with E-state index < -0.39 is 17.8 Å². The van der Waals surface area contributed by atoms with Gasteiger partial charge in [0.25, 0.3) is 0 Å². The third-order valence-corrected chi connectivity index (χ3v) is 3.92. The van der Waals surface area contributed by atoms with Gasteiger partial charge in [0, 0.05) is 0 Å². The Bertz CT molecular complexity index is 830. The van der Waals surface area contributed by atoms with Crippen LogP contribution in [0.3, 0.4) is 0 Å². The van der Waals surface area contributed by atoms with E-state index in [1.165, 1.54) is 0 Å². The van der Waals surface area contributed by atoms with Gasteiger partial charge < -0.3 is 4.74 Å². The maximum atomic E-state index is 12.7. The summed E-state index contributed by atoms with van der Waals surface area (Å²) in [6.07, 6.45) is 0. The molecule has 6 nitrogen and oxygen atoms in total. The number of carbonyl (C=O) groups excluding carboxylic acids is 3. The van der Waals surface area contributed by atoms with Gasteiger partial charge in [0.15, 0.2) is 0 Å². The van der Waals surface area contributed by atoms with Crippen LogP contribution in [0.15, 0.2) is 48.5 Å². The molecule has 0 N–H and O–H groups in total. The molecule has 1 aliphatic rings. The van der Waals surface area contributed by atoms with Crippen molar-refractivity contribution < 1.29 is 19.1 Å². The van der Waals surface area contributed by atoms with E-state index in [-0.39, 0.29) is 12.2 Å². The first-order valence-electron chi connectivity index (χ1n) is 8.00. The highest BCUT2D eigenvalue weighted by Crippen LogP contribution is 2.32. The molecule has 0 aliphatic carbocycles. The van der Waals surface area contributed by atoms with Crippen LogP contribution in [-0.2, 0) is 16.1 Å². The van der Waals surface area contributed by atoms with Crippen LogP contribution in [0.5, 0.6) is 5.75 Å². The Labute approximate surface area is 145 Å². The number of anilines is 1. The zero-order valence-corrected chi connectivity index (χ0v) is 14.1. The molecule has 0 unspecified atom stereocenters.